The van der Waals surface area contributed by atoms with Crippen LogP contribution in [0.1, 0.15) is 22.5 Å². The number of hydrogen-bond acceptors (Lipinski definition) is 2. The normalized spacial score (nSPS) is 12.8. The zero-order chi connectivity index (χ0) is 25.2. The van der Waals surface area contributed by atoms with Crippen molar-refractivity contribution < 1.29 is 9.47 Å². The van der Waals surface area contributed by atoms with Gasteiger partial charge in [0.25, 0.3) is 0 Å². The topological polar surface area (TPSA) is 50.0 Å². The van der Waals surface area contributed by atoms with E-state index in [4.69, 9.17) is 9.47 Å². The van der Waals surface area contributed by atoms with Crippen LogP contribution >= 0.6 is 0 Å². The zero-order valence-corrected chi connectivity index (χ0v) is 20.9. The number of fused-ring (bicyclic) bond motifs is 1. The molecule has 4 heteroatoms. The van der Waals surface area contributed by atoms with Gasteiger partial charge in [0, 0.05) is 39.6 Å². The summed E-state index contributed by atoms with van der Waals surface area (Å²) in [6, 6.07) is 39.8. The lowest BCUT2D eigenvalue weighted by Gasteiger charge is -2.36. The van der Waals surface area contributed by atoms with Crippen molar-refractivity contribution in [2.75, 3.05) is 14.2 Å². The first-order valence-corrected chi connectivity index (χ1v) is 12.4. The summed E-state index contributed by atoms with van der Waals surface area (Å²) >= 11 is 0. The number of methoxy groups -OCH3 is 2. The van der Waals surface area contributed by atoms with Crippen LogP contribution in [0.5, 0.6) is 11.5 Å². The Labute approximate surface area is 216 Å². The Kier molecular flexibility index (Phi) is 5.78. The van der Waals surface area contributed by atoms with Crippen molar-refractivity contribution in [1.82, 2.24) is 9.97 Å². The van der Waals surface area contributed by atoms with E-state index < -0.39 is 5.41 Å². The number of rotatable bonds is 7. The quantitative estimate of drug-likeness (QED) is 0.246. The molecule has 182 valence electrons. The number of aromatic nitrogens is 2. The molecular weight excluding hydrogens is 456 g/mol. The van der Waals surface area contributed by atoms with E-state index in [9.17, 15) is 0 Å². The molecule has 0 saturated carbocycles. The molecule has 0 bridgehead atoms. The van der Waals surface area contributed by atoms with Crippen LogP contribution in [0.15, 0.2) is 121 Å². The smallest absolute Gasteiger partial charge is 0.123 e. The van der Waals surface area contributed by atoms with Crippen LogP contribution in [0.3, 0.4) is 0 Å². The lowest BCUT2D eigenvalue weighted by Crippen LogP contribution is -2.33. The molecule has 0 aliphatic rings. The van der Waals surface area contributed by atoms with Gasteiger partial charge in [-0.2, -0.15) is 0 Å². The summed E-state index contributed by atoms with van der Waals surface area (Å²) in [4.78, 5) is 7.43. The molecule has 0 aliphatic heterocycles. The summed E-state index contributed by atoms with van der Waals surface area (Å²) in [6.07, 6.45) is 1.98. The molecule has 37 heavy (non-hydrogen) atoms. The third kappa shape index (κ3) is 3.61. The van der Waals surface area contributed by atoms with Crippen molar-refractivity contribution in [3.8, 4) is 22.6 Å². The predicted octanol–water partition coefficient (Wildman–Crippen LogP) is 7.56. The maximum atomic E-state index is 6.01. The highest BCUT2D eigenvalue weighted by atomic mass is 16.5. The summed E-state index contributed by atoms with van der Waals surface area (Å²) < 4.78 is 11.7. The SMILES string of the molecule is COc1cccc([C@@](c2ccc[nH]2)(c2ccccc2OC)c2[nH]c3ccccc3c2-c2ccccc2)c1. The first kappa shape index (κ1) is 22.7. The molecule has 0 fully saturated rings. The van der Waals surface area contributed by atoms with Gasteiger partial charge in [0.05, 0.1) is 14.2 Å². The summed E-state index contributed by atoms with van der Waals surface area (Å²) in [6.45, 7) is 0. The molecule has 0 amide bonds. The van der Waals surface area contributed by atoms with E-state index in [-0.39, 0.29) is 0 Å². The largest absolute Gasteiger partial charge is 0.497 e. The fourth-order valence-corrected chi connectivity index (χ4v) is 5.57. The minimum atomic E-state index is -0.769. The molecule has 0 radical (unpaired) electrons. The Morgan fingerprint density at radius 1 is 0.676 bits per heavy atom. The van der Waals surface area contributed by atoms with Gasteiger partial charge in [0.2, 0.25) is 0 Å². The standard InChI is InChI=1S/C33H28N2O2/c1-36-25-15-10-14-24(22-25)33(30-20-11-21-34-30,27-17-7-9-19-29(27)37-2)32-31(23-12-4-3-5-13-23)26-16-6-8-18-28(26)35-32/h3-22,34-35H,1-2H3/t33-/m0/s1. The molecule has 4 aromatic carbocycles. The molecule has 2 N–H and O–H groups in total. The molecule has 2 heterocycles. The highest BCUT2D eigenvalue weighted by Gasteiger charge is 2.45. The van der Waals surface area contributed by atoms with Crippen LogP contribution < -0.4 is 9.47 Å². The summed E-state index contributed by atoms with van der Waals surface area (Å²) in [7, 11) is 3.43. The van der Waals surface area contributed by atoms with E-state index in [2.05, 4.69) is 94.9 Å². The molecule has 0 saturated heterocycles. The number of para-hydroxylation sites is 2. The number of nitrogens with one attached hydrogen (secondary N) is 2. The maximum absolute atomic E-state index is 6.01. The Morgan fingerprint density at radius 2 is 1.46 bits per heavy atom. The molecule has 1 atom stereocenters. The van der Waals surface area contributed by atoms with Crippen LogP contribution in [0.25, 0.3) is 22.0 Å². The third-order valence-corrected chi connectivity index (χ3v) is 7.16. The molecule has 2 aromatic heterocycles. The van der Waals surface area contributed by atoms with Crippen LogP contribution in [-0.2, 0) is 5.41 Å². The fraction of sp³-hybridized carbons (Fsp3) is 0.0909. The van der Waals surface area contributed by atoms with E-state index in [1.54, 1.807) is 14.2 Å². The average Bonchev–Trinajstić information content (AvgIpc) is 3.64. The molecule has 4 nitrogen and oxygen atoms in total. The monoisotopic (exact) mass is 484 g/mol. The van der Waals surface area contributed by atoms with Gasteiger partial charge in [-0.1, -0.05) is 78.9 Å². The highest BCUT2D eigenvalue weighted by molar-refractivity contribution is 5.99. The number of ether oxygens (including phenoxy) is 2. The van der Waals surface area contributed by atoms with E-state index >= 15 is 0 Å². The Hall–Kier alpha value is -4.70. The van der Waals surface area contributed by atoms with Gasteiger partial charge in [-0.25, -0.2) is 0 Å². The third-order valence-electron chi connectivity index (χ3n) is 7.16. The lowest BCUT2D eigenvalue weighted by atomic mass is 9.67. The second kappa shape index (κ2) is 9.40. The minimum absolute atomic E-state index is 0.769. The maximum Gasteiger partial charge on any atom is 0.123 e. The van der Waals surface area contributed by atoms with Crippen molar-refractivity contribution in [3.05, 3.63) is 144 Å². The lowest BCUT2D eigenvalue weighted by molar-refractivity contribution is 0.403. The van der Waals surface area contributed by atoms with Crippen LogP contribution in [0, 0.1) is 0 Å². The Balaban J connectivity index is 1.85. The molecule has 0 aliphatic carbocycles. The average molecular weight is 485 g/mol. The number of aromatic amines is 2. The summed E-state index contributed by atoms with van der Waals surface area (Å²) in [5.41, 5.74) is 6.76. The van der Waals surface area contributed by atoms with Gasteiger partial charge in [-0.3, -0.25) is 0 Å². The van der Waals surface area contributed by atoms with Crippen LogP contribution in [0.4, 0.5) is 0 Å². The number of benzene rings is 4. The van der Waals surface area contributed by atoms with Crippen molar-refractivity contribution in [2.24, 2.45) is 0 Å². The molecule has 6 aromatic rings. The minimum Gasteiger partial charge on any atom is -0.497 e. The highest BCUT2D eigenvalue weighted by Crippen LogP contribution is 2.52. The van der Waals surface area contributed by atoms with Gasteiger partial charge >= 0.3 is 0 Å². The fourth-order valence-electron chi connectivity index (χ4n) is 5.57. The Bertz CT molecular complexity index is 1650. The molecule has 6 rings (SSSR count). The predicted molar refractivity (Wildman–Crippen MR) is 149 cm³/mol. The van der Waals surface area contributed by atoms with Gasteiger partial charge in [-0.15, -0.1) is 0 Å². The molecule has 0 spiro atoms. The van der Waals surface area contributed by atoms with Crippen LogP contribution in [0.2, 0.25) is 0 Å². The molecular formula is C33H28N2O2. The number of hydrogen-bond donors (Lipinski definition) is 2. The molecule has 0 unspecified atom stereocenters. The van der Waals surface area contributed by atoms with Crippen LogP contribution in [-0.4, -0.2) is 24.2 Å². The first-order chi connectivity index (χ1) is 18.3. The van der Waals surface area contributed by atoms with Crippen molar-refractivity contribution in [3.63, 3.8) is 0 Å². The van der Waals surface area contributed by atoms with E-state index in [0.717, 1.165) is 56.0 Å². The summed E-state index contributed by atoms with van der Waals surface area (Å²) in [5.74, 6) is 1.60. The van der Waals surface area contributed by atoms with Crippen molar-refractivity contribution in [2.45, 2.75) is 5.41 Å². The van der Waals surface area contributed by atoms with Gasteiger partial charge in [-0.05, 0) is 47.5 Å². The second-order valence-corrected chi connectivity index (χ2v) is 9.05. The van der Waals surface area contributed by atoms with E-state index in [1.807, 2.05) is 36.5 Å². The van der Waals surface area contributed by atoms with E-state index in [0.29, 0.717) is 0 Å². The van der Waals surface area contributed by atoms with Gasteiger partial charge in [0.1, 0.15) is 16.9 Å². The zero-order valence-electron chi connectivity index (χ0n) is 20.9. The van der Waals surface area contributed by atoms with Gasteiger partial charge in [0.15, 0.2) is 0 Å². The number of H-pyrrole nitrogens is 2. The second-order valence-electron chi connectivity index (χ2n) is 9.05. The first-order valence-electron chi connectivity index (χ1n) is 12.4. The van der Waals surface area contributed by atoms with Crippen molar-refractivity contribution >= 4 is 10.9 Å². The van der Waals surface area contributed by atoms with E-state index in [1.165, 1.54) is 0 Å². The van der Waals surface area contributed by atoms with Crippen molar-refractivity contribution in [1.29, 1.82) is 0 Å². The van der Waals surface area contributed by atoms with Gasteiger partial charge < -0.3 is 19.4 Å². The Morgan fingerprint density at radius 3 is 2.24 bits per heavy atom. The summed E-state index contributed by atoms with van der Waals surface area (Å²) in [5, 5.41) is 1.16.